The fourth-order valence-corrected chi connectivity index (χ4v) is 2.74. The Morgan fingerprint density at radius 1 is 1.43 bits per heavy atom. The molecule has 1 aromatic carbocycles. The SMILES string of the molecule is CCC(CCCC(=O)O)c1ccc2c(c1)OC(O)C(O)C2. The summed E-state index contributed by atoms with van der Waals surface area (Å²) in [5.74, 6) is 0.125. The van der Waals surface area contributed by atoms with E-state index in [-0.39, 0.29) is 12.3 Å². The van der Waals surface area contributed by atoms with E-state index < -0.39 is 18.4 Å². The smallest absolute Gasteiger partial charge is 0.303 e. The molecule has 0 radical (unpaired) electrons. The van der Waals surface area contributed by atoms with Crippen LogP contribution in [0, 0.1) is 0 Å². The van der Waals surface area contributed by atoms with Gasteiger partial charge in [-0.25, -0.2) is 0 Å². The van der Waals surface area contributed by atoms with Crippen LogP contribution in [0.1, 0.15) is 49.7 Å². The molecule has 116 valence electrons. The van der Waals surface area contributed by atoms with Gasteiger partial charge in [-0.1, -0.05) is 19.1 Å². The fourth-order valence-electron chi connectivity index (χ4n) is 2.74. The number of aliphatic hydroxyl groups excluding tert-OH is 2. The Morgan fingerprint density at radius 2 is 2.19 bits per heavy atom. The number of aliphatic hydroxyl groups is 2. The minimum atomic E-state index is -1.18. The van der Waals surface area contributed by atoms with E-state index in [1.54, 1.807) is 0 Å². The average molecular weight is 294 g/mol. The van der Waals surface area contributed by atoms with Crippen molar-refractivity contribution >= 4 is 5.97 Å². The van der Waals surface area contributed by atoms with Crippen LogP contribution in [0.4, 0.5) is 0 Å². The molecule has 2 rings (SSSR count). The number of carbonyl (C=O) groups is 1. The zero-order chi connectivity index (χ0) is 15.4. The van der Waals surface area contributed by atoms with Crippen molar-refractivity contribution in [2.45, 2.75) is 57.3 Å². The molecule has 1 aliphatic heterocycles. The van der Waals surface area contributed by atoms with Crippen molar-refractivity contribution in [3.05, 3.63) is 29.3 Å². The summed E-state index contributed by atoms with van der Waals surface area (Å²) < 4.78 is 5.33. The Hall–Kier alpha value is -1.59. The first kappa shape index (κ1) is 15.8. The molecule has 3 atom stereocenters. The molecule has 3 unspecified atom stereocenters. The van der Waals surface area contributed by atoms with Crippen LogP contribution < -0.4 is 4.74 Å². The Balaban J connectivity index is 2.09. The Kier molecular flexibility index (Phi) is 5.20. The van der Waals surface area contributed by atoms with Crippen LogP contribution in [0.25, 0.3) is 0 Å². The molecule has 0 bridgehead atoms. The number of rotatable bonds is 6. The molecule has 0 spiro atoms. The molecular formula is C16H22O5. The van der Waals surface area contributed by atoms with Crippen molar-refractivity contribution in [3.8, 4) is 5.75 Å². The van der Waals surface area contributed by atoms with Gasteiger partial charge in [-0.3, -0.25) is 4.79 Å². The lowest BCUT2D eigenvalue weighted by Crippen LogP contribution is -2.37. The molecule has 0 aromatic heterocycles. The first-order valence-corrected chi connectivity index (χ1v) is 7.38. The van der Waals surface area contributed by atoms with Gasteiger partial charge in [-0.2, -0.15) is 0 Å². The van der Waals surface area contributed by atoms with Gasteiger partial charge in [0, 0.05) is 12.8 Å². The lowest BCUT2D eigenvalue weighted by atomic mass is 9.89. The number of carboxylic acid groups (broad SMARTS) is 1. The number of hydrogen-bond donors (Lipinski definition) is 3. The zero-order valence-electron chi connectivity index (χ0n) is 12.2. The van der Waals surface area contributed by atoms with Crippen LogP contribution in [0.5, 0.6) is 5.75 Å². The van der Waals surface area contributed by atoms with E-state index in [0.717, 1.165) is 24.0 Å². The molecule has 5 nitrogen and oxygen atoms in total. The summed E-state index contributed by atoms with van der Waals surface area (Å²) >= 11 is 0. The molecule has 1 aliphatic rings. The Morgan fingerprint density at radius 3 is 2.86 bits per heavy atom. The van der Waals surface area contributed by atoms with E-state index in [1.165, 1.54) is 0 Å². The van der Waals surface area contributed by atoms with Crippen LogP contribution in [0.2, 0.25) is 0 Å². The van der Waals surface area contributed by atoms with Gasteiger partial charge in [-0.15, -0.1) is 0 Å². The third-order valence-corrected chi connectivity index (χ3v) is 4.00. The number of ether oxygens (including phenoxy) is 1. The van der Waals surface area contributed by atoms with Gasteiger partial charge in [0.2, 0.25) is 6.29 Å². The third-order valence-electron chi connectivity index (χ3n) is 4.00. The number of benzene rings is 1. The second-order valence-corrected chi connectivity index (χ2v) is 5.54. The van der Waals surface area contributed by atoms with Crippen molar-refractivity contribution in [1.82, 2.24) is 0 Å². The third kappa shape index (κ3) is 3.95. The highest BCUT2D eigenvalue weighted by Crippen LogP contribution is 2.33. The largest absolute Gasteiger partial charge is 0.481 e. The maximum atomic E-state index is 10.6. The first-order chi connectivity index (χ1) is 10.0. The molecule has 0 saturated carbocycles. The van der Waals surface area contributed by atoms with Gasteiger partial charge < -0.3 is 20.1 Å². The fraction of sp³-hybridized carbons (Fsp3) is 0.562. The summed E-state index contributed by atoms with van der Waals surface area (Å²) in [7, 11) is 0. The van der Waals surface area contributed by atoms with Crippen LogP contribution in [-0.2, 0) is 11.2 Å². The lowest BCUT2D eigenvalue weighted by Gasteiger charge is -2.28. The van der Waals surface area contributed by atoms with Gasteiger partial charge in [0.25, 0.3) is 0 Å². The second-order valence-electron chi connectivity index (χ2n) is 5.54. The van der Waals surface area contributed by atoms with Crippen LogP contribution in [0.15, 0.2) is 18.2 Å². The number of aliphatic carboxylic acids is 1. The maximum Gasteiger partial charge on any atom is 0.303 e. The number of hydrogen-bond acceptors (Lipinski definition) is 4. The van der Waals surface area contributed by atoms with Crippen molar-refractivity contribution in [1.29, 1.82) is 0 Å². The summed E-state index contributed by atoms with van der Waals surface area (Å²) in [5.41, 5.74) is 1.97. The van der Waals surface area contributed by atoms with E-state index in [0.29, 0.717) is 18.6 Å². The van der Waals surface area contributed by atoms with E-state index in [1.807, 2.05) is 18.2 Å². The second kappa shape index (κ2) is 6.91. The van der Waals surface area contributed by atoms with Crippen LogP contribution in [0.3, 0.4) is 0 Å². The quantitative estimate of drug-likeness (QED) is 0.747. The highest BCUT2D eigenvalue weighted by atomic mass is 16.6. The molecule has 5 heteroatoms. The zero-order valence-corrected chi connectivity index (χ0v) is 12.2. The highest BCUT2D eigenvalue weighted by Gasteiger charge is 2.27. The average Bonchev–Trinajstić information content (AvgIpc) is 2.44. The Bertz CT molecular complexity index is 499. The van der Waals surface area contributed by atoms with Crippen LogP contribution in [-0.4, -0.2) is 33.7 Å². The van der Waals surface area contributed by atoms with Gasteiger partial charge in [0.15, 0.2) is 0 Å². The summed E-state index contributed by atoms with van der Waals surface area (Å²) in [4.78, 5) is 10.6. The van der Waals surface area contributed by atoms with E-state index >= 15 is 0 Å². The topological polar surface area (TPSA) is 87.0 Å². The normalized spacial score (nSPS) is 22.2. The monoisotopic (exact) mass is 294 g/mol. The van der Waals surface area contributed by atoms with Gasteiger partial charge in [0.05, 0.1) is 0 Å². The standard InChI is InChI=1S/C16H22O5/c1-2-10(4-3-5-15(18)19)11-6-7-12-8-13(17)16(20)21-14(12)9-11/h6-7,9-10,13,16-17,20H,2-5,8H2,1H3,(H,18,19). The number of carboxylic acids is 1. The van der Waals surface area contributed by atoms with Gasteiger partial charge in [0.1, 0.15) is 11.9 Å². The van der Waals surface area contributed by atoms with E-state index in [2.05, 4.69) is 6.92 Å². The van der Waals surface area contributed by atoms with Crippen molar-refractivity contribution < 1.29 is 24.9 Å². The summed E-state index contributed by atoms with van der Waals surface area (Å²) in [6.07, 6.45) is 0.875. The predicted molar refractivity (Wildman–Crippen MR) is 77.3 cm³/mol. The summed E-state index contributed by atoms with van der Waals surface area (Å²) in [6.45, 7) is 2.07. The molecule has 1 heterocycles. The highest BCUT2D eigenvalue weighted by molar-refractivity contribution is 5.66. The minimum absolute atomic E-state index is 0.183. The molecule has 0 fully saturated rings. The molecule has 0 amide bonds. The van der Waals surface area contributed by atoms with E-state index in [9.17, 15) is 15.0 Å². The maximum absolute atomic E-state index is 10.6. The van der Waals surface area contributed by atoms with Gasteiger partial charge >= 0.3 is 5.97 Å². The van der Waals surface area contributed by atoms with Gasteiger partial charge in [-0.05, 0) is 42.4 Å². The minimum Gasteiger partial charge on any atom is -0.481 e. The van der Waals surface area contributed by atoms with Crippen molar-refractivity contribution in [2.24, 2.45) is 0 Å². The first-order valence-electron chi connectivity index (χ1n) is 7.38. The number of fused-ring (bicyclic) bond motifs is 1. The Labute approximate surface area is 124 Å². The van der Waals surface area contributed by atoms with Crippen molar-refractivity contribution in [2.75, 3.05) is 0 Å². The lowest BCUT2D eigenvalue weighted by molar-refractivity contribution is -0.137. The molecule has 21 heavy (non-hydrogen) atoms. The molecular weight excluding hydrogens is 272 g/mol. The summed E-state index contributed by atoms with van der Waals surface area (Å²) in [6, 6.07) is 5.82. The van der Waals surface area contributed by atoms with Crippen molar-refractivity contribution in [3.63, 3.8) is 0 Å². The molecule has 3 N–H and O–H groups in total. The molecule has 0 saturated heterocycles. The molecule has 0 aliphatic carbocycles. The molecule has 1 aromatic rings. The van der Waals surface area contributed by atoms with Crippen LogP contribution >= 0.6 is 0 Å². The summed E-state index contributed by atoms with van der Waals surface area (Å²) in [5, 5.41) is 27.9. The van der Waals surface area contributed by atoms with E-state index in [4.69, 9.17) is 9.84 Å². The predicted octanol–water partition coefficient (Wildman–Crippen LogP) is 2.05.